The molecule has 1 atom stereocenters. The van der Waals surface area contributed by atoms with Crippen LogP contribution in [0.25, 0.3) is 10.2 Å². The Labute approximate surface area is 155 Å². The third-order valence-electron chi connectivity index (χ3n) is 3.93. The van der Waals surface area contributed by atoms with E-state index in [2.05, 4.69) is 18.9 Å². The van der Waals surface area contributed by atoms with Gasteiger partial charge in [0.05, 0.1) is 5.69 Å². The second-order valence-electron chi connectivity index (χ2n) is 6.59. The number of hydrogen-bond donors (Lipinski definition) is 1. The van der Waals surface area contributed by atoms with Gasteiger partial charge in [0.25, 0.3) is 5.91 Å². The van der Waals surface area contributed by atoms with Crippen LogP contribution in [0.15, 0.2) is 36.4 Å². The summed E-state index contributed by atoms with van der Waals surface area (Å²) in [5.74, 6) is -0.825. The number of benzene rings is 1. The Kier molecular flexibility index (Phi) is 5.08. The molecule has 0 saturated heterocycles. The topological polar surface area (TPSA) is 87.2 Å². The van der Waals surface area contributed by atoms with Crippen molar-refractivity contribution in [3.8, 4) is 0 Å². The Balaban J connectivity index is 1.88. The van der Waals surface area contributed by atoms with E-state index in [-0.39, 0.29) is 0 Å². The van der Waals surface area contributed by atoms with Crippen molar-refractivity contribution >= 4 is 33.4 Å². The molecule has 2 heterocycles. The zero-order chi connectivity index (χ0) is 18.8. The van der Waals surface area contributed by atoms with E-state index in [9.17, 15) is 9.59 Å². The number of amides is 1. The molecule has 3 aromatic rings. The minimum atomic E-state index is -1.11. The van der Waals surface area contributed by atoms with Crippen molar-refractivity contribution in [3.05, 3.63) is 52.5 Å². The SMILES string of the molecule is Cc1nn(CC(C)C)c2sc(C(=O)OC(C(N)=O)c3ccccc3)cc12. The van der Waals surface area contributed by atoms with Gasteiger partial charge in [0.1, 0.15) is 9.71 Å². The van der Waals surface area contributed by atoms with Crippen molar-refractivity contribution in [1.82, 2.24) is 9.78 Å². The summed E-state index contributed by atoms with van der Waals surface area (Å²) in [5.41, 5.74) is 6.84. The summed E-state index contributed by atoms with van der Waals surface area (Å²) >= 11 is 1.32. The lowest BCUT2D eigenvalue weighted by molar-refractivity contribution is -0.127. The molecule has 0 saturated carbocycles. The molecule has 0 aliphatic heterocycles. The number of esters is 1. The summed E-state index contributed by atoms with van der Waals surface area (Å²) in [7, 11) is 0. The first-order chi connectivity index (χ1) is 12.4. The van der Waals surface area contributed by atoms with Gasteiger partial charge in [-0.3, -0.25) is 9.48 Å². The maximum absolute atomic E-state index is 12.6. The molecule has 0 aliphatic rings. The predicted molar refractivity (Wildman–Crippen MR) is 101 cm³/mol. The van der Waals surface area contributed by atoms with Gasteiger partial charge in [-0.2, -0.15) is 5.10 Å². The van der Waals surface area contributed by atoms with Crippen LogP contribution in [0, 0.1) is 12.8 Å². The molecule has 0 fully saturated rings. The molecule has 0 bridgehead atoms. The van der Waals surface area contributed by atoms with Gasteiger partial charge >= 0.3 is 5.97 Å². The fraction of sp³-hybridized carbons (Fsp3) is 0.316. The van der Waals surface area contributed by atoms with E-state index in [0.717, 1.165) is 22.5 Å². The standard InChI is InChI=1S/C19H21N3O3S/c1-11(2)10-22-18-14(12(3)21-22)9-15(26-18)19(24)25-16(17(20)23)13-7-5-4-6-8-13/h4-9,11,16H,10H2,1-3H3,(H2,20,23). The van der Waals surface area contributed by atoms with Gasteiger partial charge in [-0.05, 0) is 18.9 Å². The van der Waals surface area contributed by atoms with E-state index in [4.69, 9.17) is 10.5 Å². The number of nitrogens with zero attached hydrogens (tertiary/aromatic N) is 2. The molecule has 2 N–H and O–H groups in total. The van der Waals surface area contributed by atoms with Crippen LogP contribution in [0.2, 0.25) is 0 Å². The highest BCUT2D eigenvalue weighted by molar-refractivity contribution is 7.20. The molecule has 26 heavy (non-hydrogen) atoms. The van der Waals surface area contributed by atoms with Crippen LogP contribution < -0.4 is 5.73 Å². The number of fused-ring (bicyclic) bond motifs is 1. The van der Waals surface area contributed by atoms with Gasteiger partial charge in [-0.1, -0.05) is 44.2 Å². The summed E-state index contributed by atoms with van der Waals surface area (Å²) in [6.07, 6.45) is -1.11. The van der Waals surface area contributed by atoms with Crippen molar-refractivity contribution in [2.24, 2.45) is 11.7 Å². The van der Waals surface area contributed by atoms with Gasteiger partial charge in [-0.15, -0.1) is 11.3 Å². The van der Waals surface area contributed by atoms with E-state index in [1.807, 2.05) is 17.7 Å². The smallest absolute Gasteiger partial charge is 0.349 e. The first-order valence-electron chi connectivity index (χ1n) is 8.39. The van der Waals surface area contributed by atoms with E-state index in [1.54, 1.807) is 30.3 Å². The van der Waals surface area contributed by atoms with Crippen molar-refractivity contribution in [1.29, 1.82) is 0 Å². The van der Waals surface area contributed by atoms with E-state index in [1.165, 1.54) is 11.3 Å². The quantitative estimate of drug-likeness (QED) is 0.672. The number of rotatable bonds is 6. The van der Waals surface area contributed by atoms with E-state index < -0.39 is 18.0 Å². The number of hydrogen-bond acceptors (Lipinski definition) is 5. The highest BCUT2D eigenvalue weighted by atomic mass is 32.1. The zero-order valence-corrected chi connectivity index (χ0v) is 15.7. The lowest BCUT2D eigenvalue weighted by atomic mass is 10.1. The zero-order valence-electron chi connectivity index (χ0n) is 14.9. The molecule has 1 amide bonds. The monoisotopic (exact) mass is 371 g/mol. The number of aryl methyl sites for hydroxylation is 1. The molecule has 136 valence electrons. The number of nitrogens with two attached hydrogens (primary N) is 1. The average Bonchev–Trinajstić information content (AvgIpc) is 3.14. The fourth-order valence-corrected chi connectivity index (χ4v) is 3.82. The van der Waals surface area contributed by atoms with Gasteiger partial charge in [0.15, 0.2) is 0 Å². The molecule has 7 heteroatoms. The predicted octanol–water partition coefficient (Wildman–Crippen LogP) is 3.45. The maximum Gasteiger partial charge on any atom is 0.349 e. The maximum atomic E-state index is 12.6. The normalized spacial score (nSPS) is 12.5. The molecule has 1 unspecified atom stereocenters. The van der Waals surface area contributed by atoms with Crippen LogP contribution in [0.5, 0.6) is 0 Å². The van der Waals surface area contributed by atoms with Crippen LogP contribution in [0.3, 0.4) is 0 Å². The van der Waals surface area contributed by atoms with E-state index in [0.29, 0.717) is 16.4 Å². The Morgan fingerprint density at radius 3 is 2.58 bits per heavy atom. The summed E-state index contributed by atoms with van der Waals surface area (Å²) in [6, 6.07) is 10.5. The number of ether oxygens (including phenoxy) is 1. The molecular weight excluding hydrogens is 350 g/mol. The summed E-state index contributed by atoms with van der Waals surface area (Å²) < 4.78 is 7.33. The van der Waals surface area contributed by atoms with Crippen molar-refractivity contribution in [2.45, 2.75) is 33.4 Å². The van der Waals surface area contributed by atoms with Gasteiger partial charge < -0.3 is 10.5 Å². The fourth-order valence-electron chi connectivity index (χ4n) is 2.77. The Hall–Kier alpha value is -2.67. The third-order valence-corrected chi connectivity index (χ3v) is 5.06. The summed E-state index contributed by atoms with van der Waals surface area (Å²) in [6.45, 7) is 6.91. The molecule has 3 rings (SSSR count). The highest BCUT2D eigenvalue weighted by Crippen LogP contribution is 2.30. The molecular formula is C19H21N3O3S. The Bertz CT molecular complexity index is 944. The number of aromatic nitrogens is 2. The largest absolute Gasteiger partial charge is 0.443 e. The second-order valence-corrected chi connectivity index (χ2v) is 7.62. The number of thiophene rings is 1. The van der Waals surface area contributed by atoms with Crippen LogP contribution >= 0.6 is 11.3 Å². The molecule has 0 aliphatic carbocycles. The first kappa shape index (κ1) is 18.1. The van der Waals surface area contributed by atoms with E-state index >= 15 is 0 Å². The first-order valence-corrected chi connectivity index (χ1v) is 9.20. The third kappa shape index (κ3) is 3.62. The molecule has 0 radical (unpaired) electrons. The Morgan fingerprint density at radius 1 is 1.27 bits per heavy atom. The number of carbonyl (C=O) groups is 2. The number of primary amides is 1. The average molecular weight is 371 g/mol. The second kappa shape index (κ2) is 7.29. The molecule has 0 spiro atoms. The van der Waals surface area contributed by atoms with Crippen molar-refractivity contribution in [3.63, 3.8) is 0 Å². The molecule has 2 aromatic heterocycles. The lowest BCUT2D eigenvalue weighted by Gasteiger charge is -2.14. The van der Waals surface area contributed by atoms with Gasteiger partial charge in [0.2, 0.25) is 6.10 Å². The highest BCUT2D eigenvalue weighted by Gasteiger charge is 2.25. The van der Waals surface area contributed by atoms with Crippen molar-refractivity contribution in [2.75, 3.05) is 0 Å². The molecule has 6 nitrogen and oxygen atoms in total. The van der Waals surface area contributed by atoms with Crippen molar-refractivity contribution < 1.29 is 14.3 Å². The minimum Gasteiger partial charge on any atom is -0.443 e. The van der Waals surface area contributed by atoms with Crippen LogP contribution in [-0.2, 0) is 16.1 Å². The van der Waals surface area contributed by atoms with Gasteiger partial charge in [-0.25, -0.2) is 4.79 Å². The molecule has 1 aromatic carbocycles. The number of carbonyl (C=O) groups excluding carboxylic acids is 2. The lowest BCUT2D eigenvalue weighted by Crippen LogP contribution is -2.26. The summed E-state index contributed by atoms with van der Waals surface area (Å²) in [4.78, 5) is 25.7. The van der Waals surface area contributed by atoms with Crippen LogP contribution in [0.1, 0.15) is 40.9 Å². The minimum absolute atomic E-state index is 0.431. The summed E-state index contributed by atoms with van der Waals surface area (Å²) in [5, 5.41) is 5.46. The van der Waals surface area contributed by atoms with Crippen LogP contribution in [-0.4, -0.2) is 21.7 Å². The van der Waals surface area contributed by atoms with Crippen LogP contribution in [0.4, 0.5) is 0 Å². The van der Waals surface area contributed by atoms with Gasteiger partial charge in [0, 0.05) is 17.5 Å². The Morgan fingerprint density at radius 2 is 1.96 bits per heavy atom.